The number of allylic oxidation sites excluding steroid dienone is 9. The molecule has 1 fully saturated rings. The molecular formula is C33H46O4. The fourth-order valence-corrected chi connectivity index (χ4v) is 6.39. The Hall–Kier alpha value is -2.46. The van der Waals surface area contributed by atoms with Gasteiger partial charge in [0.2, 0.25) is 5.78 Å². The van der Waals surface area contributed by atoms with E-state index in [1.807, 2.05) is 19.1 Å². The Bertz CT molecular complexity index is 1060. The van der Waals surface area contributed by atoms with Gasteiger partial charge in [-0.05, 0) is 93.4 Å². The average Bonchev–Trinajstić information content (AvgIpc) is 2.84. The molecule has 0 aromatic heterocycles. The number of ketones is 2. The summed E-state index contributed by atoms with van der Waals surface area (Å²) in [6.45, 7) is 14.8. The van der Waals surface area contributed by atoms with Crippen molar-refractivity contribution in [2.75, 3.05) is 7.11 Å². The molecule has 3 rings (SSSR count). The second-order valence-electron chi connectivity index (χ2n) is 11.5. The van der Waals surface area contributed by atoms with Crippen molar-refractivity contribution in [2.24, 2.45) is 23.2 Å². The van der Waals surface area contributed by atoms with E-state index in [-0.39, 0.29) is 29.3 Å². The summed E-state index contributed by atoms with van der Waals surface area (Å²) in [5, 5.41) is 10.8. The van der Waals surface area contributed by atoms with Crippen LogP contribution in [0.15, 0.2) is 70.6 Å². The first kappa shape index (κ1) is 29.1. The summed E-state index contributed by atoms with van der Waals surface area (Å²) in [4.78, 5) is 27.4. The standard InChI is InChI=1S/C33H46O4/c1-8-26-16-17-33(26)28-20-30(35)31(37-7)27(25(28)6)19-22(3)14-15-29(34)24(5)18-21(2)12-10-9-11-13-23(4)32(33)36/h9,11,13,18,20,22,24,26,29,34H,6,8,10,12,14-17,19H2,1-5,7H3/b11-9-,21-18+,23-13+. The molecule has 5 atom stereocenters. The van der Waals surface area contributed by atoms with Crippen LogP contribution in [-0.4, -0.2) is 29.9 Å². The molecule has 1 spiro atoms. The van der Waals surface area contributed by atoms with Crippen LogP contribution in [0.1, 0.15) is 86.0 Å². The van der Waals surface area contributed by atoms with Gasteiger partial charge in [0.15, 0.2) is 11.5 Å². The van der Waals surface area contributed by atoms with Crippen LogP contribution in [0.5, 0.6) is 0 Å². The lowest BCUT2D eigenvalue weighted by Gasteiger charge is -2.51. The first-order valence-corrected chi connectivity index (χ1v) is 14.0. The van der Waals surface area contributed by atoms with Crippen molar-refractivity contribution in [3.8, 4) is 0 Å². The number of hydrogen-bond donors (Lipinski definition) is 1. The molecule has 0 aliphatic heterocycles. The predicted molar refractivity (Wildman–Crippen MR) is 151 cm³/mol. The van der Waals surface area contributed by atoms with Gasteiger partial charge >= 0.3 is 0 Å². The molecular weight excluding hydrogens is 460 g/mol. The number of rotatable bonds is 2. The monoisotopic (exact) mass is 506 g/mol. The minimum Gasteiger partial charge on any atom is -0.492 e. The molecule has 37 heavy (non-hydrogen) atoms. The van der Waals surface area contributed by atoms with Crippen molar-refractivity contribution >= 4 is 11.6 Å². The van der Waals surface area contributed by atoms with E-state index in [1.165, 1.54) is 12.7 Å². The number of methoxy groups -OCH3 is 1. The van der Waals surface area contributed by atoms with Gasteiger partial charge in [-0.15, -0.1) is 0 Å². The van der Waals surface area contributed by atoms with Crippen molar-refractivity contribution < 1.29 is 19.4 Å². The number of Topliss-reactive ketones (excluding diaryl/α,β-unsaturated/α-hetero) is 1. The summed E-state index contributed by atoms with van der Waals surface area (Å²) in [6, 6.07) is 0. The lowest BCUT2D eigenvalue weighted by atomic mass is 9.50. The zero-order valence-corrected chi connectivity index (χ0v) is 23.7. The second kappa shape index (κ2) is 12.4. The number of ether oxygens (including phenoxy) is 1. The number of carbonyl (C=O) groups is 2. The Morgan fingerprint density at radius 1 is 1.16 bits per heavy atom. The molecule has 3 aliphatic rings. The lowest BCUT2D eigenvalue weighted by molar-refractivity contribution is -0.131. The third-order valence-corrected chi connectivity index (χ3v) is 8.84. The van der Waals surface area contributed by atoms with Gasteiger partial charge in [-0.25, -0.2) is 0 Å². The van der Waals surface area contributed by atoms with Crippen molar-refractivity contribution in [3.05, 3.63) is 70.6 Å². The largest absolute Gasteiger partial charge is 0.492 e. The molecule has 0 saturated heterocycles. The van der Waals surface area contributed by atoms with Gasteiger partial charge in [-0.1, -0.05) is 63.6 Å². The molecule has 5 unspecified atom stereocenters. The SMILES string of the molecule is C=C1C2=CC(=O)C(OC)=C1CC(C)CCC(O)C(C)/C=C(\C)CC/C=C\C=C(/C)C(=O)C21CCC1CC. The maximum absolute atomic E-state index is 14.1. The van der Waals surface area contributed by atoms with Gasteiger partial charge in [0.25, 0.3) is 0 Å². The fraction of sp³-hybridized carbons (Fsp3) is 0.576. The summed E-state index contributed by atoms with van der Waals surface area (Å²) in [6.07, 6.45) is 15.9. The van der Waals surface area contributed by atoms with Crippen molar-refractivity contribution in [2.45, 2.75) is 92.1 Å². The highest BCUT2D eigenvalue weighted by Gasteiger charge is 2.55. The highest BCUT2D eigenvalue weighted by molar-refractivity contribution is 6.10. The van der Waals surface area contributed by atoms with Gasteiger partial charge in [0.1, 0.15) is 0 Å². The van der Waals surface area contributed by atoms with Crippen LogP contribution in [0, 0.1) is 23.2 Å². The molecule has 0 amide bonds. The molecule has 0 heterocycles. The topological polar surface area (TPSA) is 63.6 Å². The third kappa shape index (κ3) is 6.00. The number of carbonyl (C=O) groups excluding carboxylic acids is 2. The Balaban J connectivity index is 2.07. The highest BCUT2D eigenvalue weighted by Crippen LogP contribution is 2.58. The highest BCUT2D eigenvalue weighted by atomic mass is 16.5. The second-order valence-corrected chi connectivity index (χ2v) is 11.5. The van der Waals surface area contributed by atoms with E-state index in [0.29, 0.717) is 24.2 Å². The van der Waals surface area contributed by atoms with Gasteiger partial charge in [0.05, 0.1) is 18.6 Å². The summed E-state index contributed by atoms with van der Waals surface area (Å²) in [5.74, 6) is 0.752. The third-order valence-electron chi connectivity index (χ3n) is 8.84. The zero-order valence-electron chi connectivity index (χ0n) is 23.7. The summed E-state index contributed by atoms with van der Waals surface area (Å²) in [5.41, 5.74) is 3.63. The average molecular weight is 507 g/mol. The normalized spacial score (nSPS) is 36.3. The van der Waals surface area contributed by atoms with Gasteiger partial charge < -0.3 is 9.84 Å². The molecule has 2 bridgehead atoms. The molecule has 1 N–H and O–H groups in total. The van der Waals surface area contributed by atoms with Crippen LogP contribution >= 0.6 is 0 Å². The quantitative estimate of drug-likeness (QED) is 0.397. The molecule has 0 aromatic rings. The number of hydrogen-bond acceptors (Lipinski definition) is 4. The van der Waals surface area contributed by atoms with Crippen LogP contribution in [0.4, 0.5) is 0 Å². The minimum absolute atomic E-state index is 0.0805. The molecule has 202 valence electrons. The van der Waals surface area contributed by atoms with Crippen LogP contribution in [0.25, 0.3) is 0 Å². The van der Waals surface area contributed by atoms with E-state index in [9.17, 15) is 14.7 Å². The van der Waals surface area contributed by atoms with Gasteiger partial charge in [-0.3, -0.25) is 9.59 Å². The molecule has 0 aromatic carbocycles. The number of aliphatic hydroxyl groups is 1. The smallest absolute Gasteiger partial charge is 0.220 e. The van der Waals surface area contributed by atoms with Crippen molar-refractivity contribution in [1.29, 1.82) is 0 Å². The molecule has 4 nitrogen and oxygen atoms in total. The van der Waals surface area contributed by atoms with E-state index < -0.39 is 11.5 Å². The summed E-state index contributed by atoms with van der Waals surface area (Å²) >= 11 is 0. The number of aliphatic hydroxyl groups excluding tert-OH is 1. The minimum atomic E-state index is -0.711. The Labute approximate surface area is 223 Å². The van der Waals surface area contributed by atoms with Crippen molar-refractivity contribution in [3.63, 3.8) is 0 Å². The van der Waals surface area contributed by atoms with E-state index in [0.717, 1.165) is 55.2 Å². The predicted octanol–water partition coefficient (Wildman–Crippen LogP) is 7.37. The van der Waals surface area contributed by atoms with E-state index in [4.69, 9.17) is 4.74 Å². The van der Waals surface area contributed by atoms with Crippen molar-refractivity contribution in [1.82, 2.24) is 0 Å². The van der Waals surface area contributed by atoms with Crippen LogP contribution in [0.3, 0.4) is 0 Å². The molecule has 3 aliphatic carbocycles. The lowest BCUT2D eigenvalue weighted by Crippen LogP contribution is -2.49. The Kier molecular flexibility index (Phi) is 9.74. The number of fused-ring (bicyclic) bond motifs is 3. The zero-order chi connectivity index (χ0) is 27.3. The Morgan fingerprint density at radius 2 is 1.89 bits per heavy atom. The molecule has 4 heteroatoms. The molecule has 1 saturated carbocycles. The van der Waals surface area contributed by atoms with E-state index in [1.54, 1.807) is 6.08 Å². The summed E-state index contributed by atoms with van der Waals surface area (Å²) < 4.78 is 5.59. The van der Waals surface area contributed by atoms with E-state index >= 15 is 0 Å². The van der Waals surface area contributed by atoms with Gasteiger partial charge in [-0.2, -0.15) is 0 Å². The summed E-state index contributed by atoms with van der Waals surface area (Å²) in [7, 11) is 1.53. The van der Waals surface area contributed by atoms with Crippen LogP contribution in [0.2, 0.25) is 0 Å². The van der Waals surface area contributed by atoms with E-state index in [2.05, 4.69) is 46.4 Å². The first-order chi connectivity index (χ1) is 17.6. The maximum atomic E-state index is 14.1. The van der Waals surface area contributed by atoms with Crippen LogP contribution in [-0.2, 0) is 14.3 Å². The first-order valence-electron chi connectivity index (χ1n) is 14.0. The van der Waals surface area contributed by atoms with Crippen LogP contribution < -0.4 is 0 Å². The molecule has 0 radical (unpaired) electrons. The fourth-order valence-electron chi connectivity index (χ4n) is 6.39. The maximum Gasteiger partial charge on any atom is 0.220 e. The Morgan fingerprint density at radius 3 is 2.51 bits per heavy atom. The van der Waals surface area contributed by atoms with Gasteiger partial charge in [0, 0.05) is 11.5 Å².